The smallest absolute Gasteiger partial charge is 0.232 e. The fraction of sp³-hybridized carbons (Fsp3) is 0.500. The Morgan fingerprint density at radius 2 is 2.43 bits per heavy atom. The number of carbonyl (C=O) groups excluding carboxylic acids is 1. The van der Waals surface area contributed by atoms with Gasteiger partial charge in [-0.2, -0.15) is 0 Å². The lowest BCUT2D eigenvalue weighted by Gasteiger charge is -2.38. The zero-order valence-electron chi connectivity index (χ0n) is 7.84. The van der Waals surface area contributed by atoms with Crippen molar-refractivity contribution in [3.63, 3.8) is 0 Å². The SMILES string of the molecule is C[C@@H]1C(=O)N2C[C@H](c3ccco3)O[C@H]12. The molecule has 1 amide bonds. The second-order valence-electron chi connectivity index (χ2n) is 3.81. The monoisotopic (exact) mass is 193 g/mol. The Balaban J connectivity index is 1.80. The molecule has 0 aliphatic carbocycles. The van der Waals surface area contributed by atoms with Crippen LogP contribution >= 0.6 is 0 Å². The predicted molar refractivity (Wildman–Crippen MR) is 47.2 cm³/mol. The number of fused-ring (bicyclic) bond motifs is 1. The number of β-lactam (4-membered cyclic amide) rings is 1. The lowest BCUT2D eigenvalue weighted by Crippen LogP contribution is -2.56. The maximum atomic E-state index is 11.4. The van der Waals surface area contributed by atoms with Gasteiger partial charge in [-0.05, 0) is 19.1 Å². The summed E-state index contributed by atoms with van der Waals surface area (Å²) in [4.78, 5) is 13.1. The lowest BCUT2D eigenvalue weighted by molar-refractivity contribution is -0.170. The van der Waals surface area contributed by atoms with E-state index in [-0.39, 0.29) is 24.2 Å². The first-order valence-electron chi connectivity index (χ1n) is 4.77. The Kier molecular flexibility index (Phi) is 1.50. The molecular formula is C10H11NO3. The third kappa shape index (κ3) is 0.889. The summed E-state index contributed by atoms with van der Waals surface area (Å²) in [5.41, 5.74) is 0. The molecule has 2 fully saturated rings. The van der Waals surface area contributed by atoms with Crippen molar-refractivity contribution < 1.29 is 13.9 Å². The van der Waals surface area contributed by atoms with Crippen LogP contribution in [0.15, 0.2) is 22.8 Å². The number of carbonyl (C=O) groups is 1. The molecule has 3 atom stereocenters. The zero-order valence-corrected chi connectivity index (χ0v) is 7.84. The molecule has 0 saturated carbocycles. The van der Waals surface area contributed by atoms with E-state index in [1.54, 1.807) is 11.2 Å². The molecule has 0 unspecified atom stereocenters. The Bertz CT molecular complexity index is 359. The Morgan fingerprint density at radius 3 is 3.07 bits per heavy atom. The summed E-state index contributed by atoms with van der Waals surface area (Å²) < 4.78 is 10.9. The maximum absolute atomic E-state index is 11.4. The largest absolute Gasteiger partial charge is 0.467 e. The van der Waals surface area contributed by atoms with Gasteiger partial charge in [-0.25, -0.2) is 0 Å². The van der Waals surface area contributed by atoms with Gasteiger partial charge in [0.15, 0.2) is 0 Å². The zero-order chi connectivity index (χ0) is 9.71. The first-order valence-corrected chi connectivity index (χ1v) is 4.77. The minimum absolute atomic E-state index is 0.00922. The maximum Gasteiger partial charge on any atom is 0.232 e. The van der Waals surface area contributed by atoms with E-state index in [2.05, 4.69) is 0 Å². The molecule has 0 bridgehead atoms. The molecule has 2 saturated heterocycles. The molecule has 0 spiro atoms. The van der Waals surface area contributed by atoms with Crippen LogP contribution in [0.2, 0.25) is 0 Å². The molecule has 4 heteroatoms. The van der Waals surface area contributed by atoms with Gasteiger partial charge in [0.05, 0.1) is 18.7 Å². The van der Waals surface area contributed by atoms with Crippen LogP contribution in [0.4, 0.5) is 0 Å². The van der Waals surface area contributed by atoms with Crippen molar-refractivity contribution in [2.45, 2.75) is 19.3 Å². The summed E-state index contributed by atoms with van der Waals surface area (Å²) in [5, 5.41) is 0. The van der Waals surface area contributed by atoms with Gasteiger partial charge in [-0.1, -0.05) is 0 Å². The van der Waals surface area contributed by atoms with Crippen LogP contribution < -0.4 is 0 Å². The van der Waals surface area contributed by atoms with Crippen molar-refractivity contribution in [3.8, 4) is 0 Å². The summed E-state index contributed by atoms with van der Waals surface area (Å²) in [6.07, 6.45) is 1.51. The van der Waals surface area contributed by atoms with Gasteiger partial charge in [0.2, 0.25) is 5.91 Å². The summed E-state index contributed by atoms with van der Waals surface area (Å²) >= 11 is 0. The molecule has 1 aromatic rings. The standard InChI is InChI=1S/C10H11NO3/c1-6-9(12)11-5-8(14-10(6)11)7-3-2-4-13-7/h2-4,6,8,10H,5H2,1H3/t6-,8-,10-/m1/s1. The average molecular weight is 193 g/mol. The van der Waals surface area contributed by atoms with E-state index < -0.39 is 0 Å². The molecule has 3 rings (SSSR count). The summed E-state index contributed by atoms with van der Waals surface area (Å²) in [5.74, 6) is 0.999. The molecule has 4 nitrogen and oxygen atoms in total. The topological polar surface area (TPSA) is 42.7 Å². The van der Waals surface area contributed by atoms with Crippen LogP contribution in [0, 0.1) is 5.92 Å². The van der Waals surface area contributed by atoms with E-state index in [1.807, 2.05) is 19.1 Å². The third-order valence-electron chi connectivity index (χ3n) is 2.93. The van der Waals surface area contributed by atoms with Crippen LogP contribution in [0.25, 0.3) is 0 Å². The van der Waals surface area contributed by atoms with Crippen molar-refractivity contribution >= 4 is 5.91 Å². The average Bonchev–Trinajstić information content (AvgIpc) is 2.84. The van der Waals surface area contributed by atoms with E-state index >= 15 is 0 Å². The van der Waals surface area contributed by atoms with E-state index in [1.165, 1.54) is 0 Å². The molecule has 2 aliphatic rings. The molecule has 0 N–H and O–H groups in total. The van der Waals surface area contributed by atoms with Crippen molar-refractivity contribution in [2.75, 3.05) is 6.54 Å². The first-order chi connectivity index (χ1) is 6.77. The van der Waals surface area contributed by atoms with Crippen LogP contribution in [-0.2, 0) is 9.53 Å². The number of rotatable bonds is 1. The molecule has 2 aliphatic heterocycles. The molecule has 1 aromatic heterocycles. The summed E-state index contributed by atoms with van der Waals surface area (Å²) in [7, 11) is 0. The van der Waals surface area contributed by atoms with Crippen LogP contribution in [0.3, 0.4) is 0 Å². The highest BCUT2D eigenvalue weighted by atomic mass is 16.5. The second kappa shape index (κ2) is 2.60. The number of furan rings is 1. The molecule has 14 heavy (non-hydrogen) atoms. The number of ether oxygens (including phenoxy) is 1. The van der Waals surface area contributed by atoms with Crippen molar-refractivity contribution in [3.05, 3.63) is 24.2 Å². The fourth-order valence-electron chi connectivity index (χ4n) is 2.10. The van der Waals surface area contributed by atoms with Gasteiger partial charge in [0, 0.05) is 0 Å². The van der Waals surface area contributed by atoms with E-state index in [0.29, 0.717) is 6.54 Å². The Morgan fingerprint density at radius 1 is 1.57 bits per heavy atom. The van der Waals surface area contributed by atoms with Crippen LogP contribution in [0.5, 0.6) is 0 Å². The normalized spacial score (nSPS) is 35.6. The Labute approximate surface area is 81.4 Å². The lowest BCUT2D eigenvalue weighted by atomic mass is 9.99. The van der Waals surface area contributed by atoms with E-state index in [0.717, 1.165) is 5.76 Å². The van der Waals surface area contributed by atoms with Gasteiger partial charge in [-0.15, -0.1) is 0 Å². The highest BCUT2D eigenvalue weighted by Crippen LogP contribution is 2.39. The summed E-state index contributed by atoms with van der Waals surface area (Å²) in [6.45, 7) is 2.52. The first kappa shape index (κ1) is 8.05. The molecule has 74 valence electrons. The van der Waals surface area contributed by atoms with Crippen molar-refractivity contribution in [1.29, 1.82) is 0 Å². The van der Waals surface area contributed by atoms with Gasteiger partial charge in [0.1, 0.15) is 18.1 Å². The van der Waals surface area contributed by atoms with Crippen LogP contribution in [-0.4, -0.2) is 23.6 Å². The number of hydrogen-bond donors (Lipinski definition) is 0. The third-order valence-corrected chi connectivity index (χ3v) is 2.93. The minimum atomic E-state index is -0.0797. The summed E-state index contributed by atoms with van der Waals surface area (Å²) in [6, 6.07) is 3.71. The highest BCUT2D eigenvalue weighted by Gasteiger charge is 2.52. The van der Waals surface area contributed by atoms with Crippen LogP contribution in [0.1, 0.15) is 18.8 Å². The molecule has 0 aromatic carbocycles. The second-order valence-corrected chi connectivity index (χ2v) is 3.81. The number of nitrogens with zero attached hydrogens (tertiary/aromatic N) is 1. The fourth-order valence-corrected chi connectivity index (χ4v) is 2.10. The van der Waals surface area contributed by atoms with Crippen molar-refractivity contribution in [1.82, 2.24) is 4.90 Å². The van der Waals surface area contributed by atoms with Gasteiger partial charge >= 0.3 is 0 Å². The van der Waals surface area contributed by atoms with E-state index in [4.69, 9.17) is 9.15 Å². The highest BCUT2D eigenvalue weighted by molar-refractivity contribution is 5.85. The van der Waals surface area contributed by atoms with Crippen molar-refractivity contribution in [2.24, 2.45) is 5.92 Å². The van der Waals surface area contributed by atoms with Gasteiger partial charge in [-0.3, -0.25) is 4.79 Å². The van der Waals surface area contributed by atoms with Gasteiger partial charge in [0.25, 0.3) is 0 Å². The Hall–Kier alpha value is -1.29. The molecular weight excluding hydrogens is 182 g/mol. The number of hydrogen-bond acceptors (Lipinski definition) is 3. The quantitative estimate of drug-likeness (QED) is 0.628. The minimum Gasteiger partial charge on any atom is -0.467 e. The molecule has 0 radical (unpaired) electrons. The number of amides is 1. The molecule has 3 heterocycles. The van der Waals surface area contributed by atoms with E-state index in [9.17, 15) is 4.79 Å². The predicted octanol–water partition coefficient (Wildman–Crippen LogP) is 1.16. The van der Waals surface area contributed by atoms with Gasteiger partial charge < -0.3 is 14.1 Å².